The molecule has 144 valence electrons. The van der Waals surface area contributed by atoms with Crippen molar-refractivity contribution in [2.75, 3.05) is 19.8 Å². The number of aliphatic hydroxyl groups is 1. The lowest BCUT2D eigenvalue weighted by molar-refractivity contribution is 0.0691. The van der Waals surface area contributed by atoms with E-state index in [0.717, 1.165) is 11.1 Å². The van der Waals surface area contributed by atoms with Gasteiger partial charge >= 0.3 is 0 Å². The summed E-state index contributed by atoms with van der Waals surface area (Å²) in [5.74, 6) is 0.308. The topological polar surface area (TPSA) is 80.0 Å². The molecule has 3 aromatic rings. The van der Waals surface area contributed by atoms with E-state index in [9.17, 15) is 14.7 Å². The van der Waals surface area contributed by atoms with Gasteiger partial charge in [-0.15, -0.1) is 0 Å². The lowest BCUT2D eigenvalue weighted by Crippen LogP contribution is -2.32. The third kappa shape index (κ3) is 2.86. The molecule has 1 aliphatic rings. The Bertz CT molecular complexity index is 1120. The van der Waals surface area contributed by atoms with E-state index in [1.54, 1.807) is 12.1 Å². The largest absolute Gasteiger partial charge is 0.494 e. The summed E-state index contributed by atoms with van der Waals surface area (Å²) in [6.07, 6.45) is 0. The fourth-order valence-corrected chi connectivity index (χ4v) is 3.76. The summed E-state index contributed by atoms with van der Waals surface area (Å²) < 4.78 is 11.4. The maximum absolute atomic E-state index is 13.3. The van der Waals surface area contributed by atoms with E-state index in [-0.39, 0.29) is 24.3 Å². The van der Waals surface area contributed by atoms with E-state index in [2.05, 4.69) is 0 Å². The number of fused-ring (bicyclic) bond motifs is 2. The lowest BCUT2D eigenvalue weighted by Gasteiger charge is -2.24. The summed E-state index contributed by atoms with van der Waals surface area (Å²) in [6.45, 7) is 4.19. The second-order valence-corrected chi connectivity index (χ2v) is 6.80. The standard InChI is InChI=1S/C22H21NO5/c1-3-27-15-6-4-5-14(12-15)19-18-20(25)16-11-13(2)7-8-17(16)28-21(18)22(26)23(19)9-10-24/h4-8,11-12,19,24H,3,9-10H2,1-2H3/t19-/m0/s1. The molecule has 1 aromatic heterocycles. The van der Waals surface area contributed by atoms with Crippen LogP contribution in [0.1, 0.15) is 40.2 Å². The summed E-state index contributed by atoms with van der Waals surface area (Å²) >= 11 is 0. The molecular formula is C22H21NO5. The monoisotopic (exact) mass is 379 g/mol. The zero-order valence-electron chi connectivity index (χ0n) is 15.8. The number of rotatable bonds is 5. The molecule has 0 spiro atoms. The van der Waals surface area contributed by atoms with Crippen LogP contribution >= 0.6 is 0 Å². The van der Waals surface area contributed by atoms with Crippen LogP contribution in [0.15, 0.2) is 51.7 Å². The summed E-state index contributed by atoms with van der Waals surface area (Å²) in [4.78, 5) is 27.8. The Hall–Kier alpha value is -3.12. The smallest absolute Gasteiger partial charge is 0.290 e. The van der Waals surface area contributed by atoms with Crippen molar-refractivity contribution in [3.8, 4) is 5.75 Å². The second-order valence-electron chi connectivity index (χ2n) is 6.80. The number of β-amino-alcohol motifs (C(OH)–C–C–N with tert-alkyl or cyclic N) is 1. The molecule has 2 aromatic carbocycles. The van der Waals surface area contributed by atoms with E-state index in [1.807, 2.05) is 44.2 Å². The fourth-order valence-electron chi connectivity index (χ4n) is 3.76. The Labute approximate surface area is 162 Å². The van der Waals surface area contributed by atoms with Gasteiger partial charge in [-0.05, 0) is 43.7 Å². The molecule has 0 saturated heterocycles. The van der Waals surface area contributed by atoms with Gasteiger partial charge in [0.05, 0.1) is 30.2 Å². The van der Waals surface area contributed by atoms with E-state index >= 15 is 0 Å². The number of carbonyl (C=O) groups excluding carboxylic acids is 1. The Morgan fingerprint density at radius 3 is 2.75 bits per heavy atom. The first-order valence-corrected chi connectivity index (χ1v) is 9.27. The normalized spacial score (nSPS) is 15.9. The molecule has 1 amide bonds. The van der Waals surface area contributed by atoms with Crippen molar-refractivity contribution in [2.45, 2.75) is 19.9 Å². The number of hydrogen-bond donors (Lipinski definition) is 1. The molecule has 6 nitrogen and oxygen atoms in total. The Morgan fingerprint density at radius 2 is 2.00 bits per heavy atom. The third-order valence-corrected chi connectivity index (χ3v) is 4.95. The highest BCUT2D eigenvalue weighted by Crippen LogP contribution is 2.38. The van der Waals surface area contributed by atoms with Gasteiger partial charge < -0.3 is 19.2 Å². The van der Waals surface area contributed by atoms with Crippen LogP contribution in [0.5, 0.6) is 5.75 Å². The minimum Gasteiger partial charge on any atom is -0.494 e. The highest BCUT2D eigenvalue weighted by atomic mass is 16.5. The van der Waals surface area contributed by atoms with Crippen molar-refractivity contribution in [3.05, 3.63) is 75.1 Å². The number of hydrogen-bond acceptors (Lipinski definition) is 5. The van der Waals surface area contributed by atoms with Crippen LogP contribution in [-0.4, -0.2) is 35.7 Å². The molecule has 0 saturated carbocycles. The molecule has 1 N–H and O–H groups in total. The van der Waals surface area contributed by atoms with Gasteiger partial charge in [0.2, 0.25) is 5.76 Å². The third-order valence-electron chi connectivity index (χ3n) is 4.95. The molecule has 0 aliphatic carbocycles. The predicted molar refractivity (Wildman–Crippen MR) is 105 cm³/mol. The molecule has 4 rings (SSSR count). The number of ether oxygens (including phenoxy) is 1. The molecule has 0 bridgehead atoms. The van der Waals surface area contributed by atoms with Crippen molar-refractivity contribution in [2.24, 2.45) is 0 Å². The van der Waals surface area contributed by atoms with Crippen LogP contribution in [0.3, 0.4) is 0 Å². The van der Waals surface area contributed by atoms with Crippen LogP contribution in [0.2, 0.25) is 0 Å². The SMILES string of the molecule is CCOc1cccc([C@H]2c3c(oc4ccc(C)cc4c3=O)C(=O)N2CCO)c1. The van der Waals surface area contributed by atoms with Crippen molar-refractivity contribution >= 4 is 16.9 Å². The van der Waals surface area contributed by atoms with E-state index in [4.69, 9.17) is 9.15 Å². The van der Waals surface area contributed by atoms with Gasteiger partial charge in [-0.3, -0.25) is 9.59 Å². The number of amides is 1. The average molecular weight is 379 g/mol. The highest BCUT2D eigenvalue weighted by molar-refractivity contribution is 5.99. The first-order chi connectivity index (χ1) is 13.5. The van der Waals surface area contributed by atoms with E-state index in [0.29, 0.717) is 28.9 Å². The van der Waals surface area contributed by atoms with Crippen molar-refractivity contribution in [1.29, 1.82) is 0 Å². The van der Waals surface area contributed by atoms with Crippen LogP contribution in [-0.2, 0) is 0 Å². The number of aryl methyl sites for hydroxylation is 1. The minimum atomic E-state index is -0.629. The Balaban J connectivity index is 1.97. The van der Waals surface area contributed by atoms with Crippen LogP contribution < -0.4 is 10.2 Å². The lowest BCUT2D eigenvalue weighted by atomic mass is 9.98. The van der Waals surface area contributed by atoms with Gasteiger partial charge in [0, 0.05) is 6.54 Å². The number of benzene rings is 2. The summed E-state index contributed by atoms with van der Waals surface area (Å²) in [7, 11) is 0. The molecule has 1 atom stereocenters. The first-order valence-electron chi connectivity index (χ1n) is 9.27. The van der Waals surface area contributed by atoms with Crippen molar-refractivity contribution in [1.82, 2.24) is 4.90 Å². The molecule has 0 fully saturated rings. The maximum Gasteiger partial charge on any atom is 0.290 e. The van der Waals surface area contributed by atoms with Crippen LogP contribution in [0.25, 0.3) is 11.0 Å². The molecule has 2 heterocycles. The molecule has 6 heteroatoms. The van der Waals surface area contributed by atoms with Gasteiger partial charge in [-0.1, -0.05) is 23.8 Å². The van der Waals surface area contributed by atoms with E-state index < -0.39 is 11.9 Å². The van der Waals surface area contributed by atoms with Crippen LogP contribution in [0, 0.1) is 6.92 Å². The molecule has 1 aliphatic heterocycles. The highest BCUT2D eigenvalue weighted by Gasteiger charge is 2.42. The van der Waals surface area contributed by atoms with Gasteiger partial charge in [0.1, 0.15) is 11.3 Å². The fraction of sp³-hybridized carbons (Fsp3) is 0.273. The molecule has 0 unspecified atom stereocenters. The molecular weight excluding hydrogens is 358 g/mol. The quantitative estimate of drug-likeness (QED) is 0.737. The predicted octanol–water partition coefficient (Wildman–Crippen LogP) is 3.04. The number of aliphatic hydroxyl groups excluding tert-OH is 1. The summed E-state index contributed by atoms with van der Waals surface area (Å²) in [6, 6.07) is 12.0. The average Bonchev–Trinajstić information content (AvgIpc) is 2.96. The van der Waals surface area contributed by atoms with Crippen molar-refractivity contribution < 1.29 is 19.1 Å². The first kappa shape index (κ1) is 18.3. The van der Waals surface area contributed by atoms with Gasteiger partial charge in [0.25, 0.3) is 5.91 Å². The van der Waals surface area contributed by atoms with Crippen LogP contribution in [0.4, 0.5) is 0 Å². The molecule has 0 radical (unpaired) electrons. The molecule has 28 heavy (non-hydrogen) atoms. The number of nitrogens with zero attached hydrogens (tertiary/aromatic N) is 1. The Kier molecular flexibility index (Phi) is 4.65. The summed E-state index contributed by atoms with van der Waals surface area (Å²) in [5, 5.41) is 9.94. The number of carbonyl (C=O) groups is 1. The Morgan fingerprint density at radius 1 is 1.18 bits per heavy atom. The van der Waals surface area contributed by atoms with E-state index in [1.165, 1.54) is 4.90 Å². The van der Waals surface area contributed by atoms with Gasteiger partial charge in [0.15, 0.2) is 5.43 Å². The summed E-state index contributed by atoms with van der Waals surface area (Å²) in [5.41, 5.74) is 2.15. The zero-order valence-corrected chi connectivity index (χ0v) is 15.8. The zero-order chi connectivity index (χ0) is 19.8. The maximum atomic E-state index is 13.3. The van der Waals surface area contributed by atoms with Gasteiger partial charge in [-0.25, -0.2) is 0 Å². The minimum absolute atomic E-state index is 0.0432. The van der Waals surface area contributed by atoms with Gasteiger partial charge in [-0.2, -0.15) is 0 Å². The van der Waals surface area contributed by atoms with Crippen molar-refractivity contribution in [3.63, 3.8) is 0 Å². The second kappa shape index (κ2) is 7.13.